The van der Waals surface area contributed by atoms with E-state index in [1.165, 1.54) is 13.8 Å². The van der Waals surface area contributed by atoms with Crippen molar-refractivity contribution in [3.05, 3.63) is 0 Å². The standard InChI is InChI=1S/C7H14O3/c1-4-5(6(8)9)7(2,3)10/h5,10H,4H2,1-3H3,(H,8,9)/t5-/m1/s1. The fourth-order valence-corrected chi connectivity index (χ4v) is 0.976. The van der Waals surface area contributed by atoms with Crippen LogP contribution < -0.4 is 0 Å². The summed E-state index contributed by atoms with van der Waals surface area (Å²) in [6.45, 7) is 4.77. The van der Waals surface area contributed by atoms with E-state index in [4.69, 9.17) is 5.11 Å². The summed E-state index contributed by atoms with van der Waals surface area (Å²) in [4.78, 5) is 10.4. The van der Waals surface area contributed by atoms with Crippen LogP contribution in [0.25, 0.3) is 0 Å². The number of carboxylic acid groups (broad SMARTS) is 1. The van der Waals surface area contributed by atoms with Gasteiger partial charge in [-0.15, -0.1) is 0 Å². The van der Waals surface area contributed by atoms with Crippen molar-refractivity contribution in [1.82, 2.24) is 0 Å². The molecule has 0 aromatic rings. The third-order valence-electron chi connectivity index (χ3n) is 1.56. The highest BCUT2D eigenvalue weighted by atomic mass is 16.4. The van der Waals surface area contributed by atoms with E-state index < -0.39 is 17.5 Å². The van der Waals surface area contributed by atoms with Crippen LogP contribution in [0.5, 0.6) is 0 Å². The molecule has 3 nitrogen and oxygen atoms in total. The molecule has 0 amide bonds. The zero-order valence-corrected chi connectivity index (χ0v) is 6.59. The van der Waals surface area contributed by atoms with E-state index in [1.54, 1.807) is 6.92 Å². The van der Waals surface area contributed by atoms with Gasteiger partial charge in [0.05, 0.1) is 11.5 Å². The maximum Gasteiger partial charge on any atom is 0.309 e. The molecule has 0 aromatic carbocycles. The Morgan fingerprint density at radius 1 is 1.60 bits per heavy atom. The molecule has 0 aromatic heterocycles. The molecule has 0 saturated heterocycles. The molecule has 60 valence electrons. The second-order valence-electron chi connectivity index (χ2n) is 2.95. The van der Waals surface area contributed by atoms with E-state index in [0.29, 0.717) is 6.42 Å². The number of hydrogen-bond donors (Lipinski definition) is 2. The minimum absolute atomic E-state index is 0.457. The van der Waals surface area contributed by atoms with Crippen LogP contribution in [0.15, 0.2) is 0 Å². The molecule has 0 radical (unpaired) electrons. The normalized spacial score (nSPS) is 14.8. The Labute approximate surface area is 60.7 Å². The summed E-state index contributed by atoms with van der Waals surface area (Å²) in [5.41, 5.74) is -1.11. The van der Waals surface area contributed by atoms with Crippen molar-refractivity contribution in [1.29, 1.82) is 0 Å². The van der Waals surface area contributed by atoms with Crippen molar-refractivity contribution < 1.29 is 15.0 Å². The maximum atomic E-state index is 10.4. The molecule has 3 heteroatoms. The predicted molar refractivity (Wildman–Crippen MR) is 37.7 cm³/mol. The summed E-state index contributed by atoms with van der Waals surface area (Å²) in [6.07, 6.45) is 0.457. The van der Waals surface area contributed by atoms with E-state index in [2.05, 4.69) is 0 Å². The summed E-state index contributed by atoms with van der Waals surface area (Å²) in [7, 11) is 0. The highest BCUT2D eigenvalue weighted by Gasteiger charge is 2.31. The molecule has 0 rings (SSSR count). The number of rotatable bonds is 3. The van der Waals surface area contributed by atoms with Crippen molar-refractivity contribution in [3.63, 3.8) is 0 Å². The largest absolute Gasteiger partial charge is 0.481 e. The molecule has 2 N–H and O–H groups in total. The van der Waals surface area contributed by atoms with Crippen LogP contribution in [0.1, 0.15) is 27.2 Å². The first-order chi connectivity index (χ1) is 4.39. The number of aliphatic carboxylic acids is 1. The molecule has 0 unspecified atom stereocenters. The van der Waals surface area contributed by atoms with Crippen LogP contribution in [0.4, 0.5) is 0 Å². The van der Waals surface area contributed by atoms with Crippen molar-refractivity contribution in [3.8, 4) is 0 Å². The number of hydrogen-bond acceptors (Lipinski definition) is 2. The smallest absolute Gasteiger partial charge is 0.309 e. The molecule has 1 atom stereocenters. The molecular weight excluding hydrogens is 132 g/mol. The molecule has 0 spiro atoms. The first-order valence-electron chi connectivity index (χ1n) is 3.34. The fraction of sp³-hybridized carbons (Fsp3) is 0.857. The van der Waals surface area contributed by atoms with Crippen molar-refractivity contribution in [2.24, 2.45) is 5.92 Å². The van der Waals surface area contributed by atoms with Crippen LogP contribution in [-0.4, -0.2) is 21.8 Å². The zero-order valence-electron chi connectivity index (χ0n) is 6.59. The van der Waals surface area contributed by atoms with Crippen LogP contribution in [0.3, 0.4) is 0 Å². The topological polar surface area (TPSA) is 57.5 Å². The van der Waals surface area contributed by atoms with Crippen LogP contribution in [0, 0.1) is 5.92 Å². The number of carboxylic acids is 1. The quantitative estimate of drug-likeness (QED) is 0.621. The Balaban J connectivity index is 4.22. The lowest BCUT2D eigenvalue weighted by atomic mass is 9.89. The Morgan fingerprint density at radius 2 is 2.00 bits per heavy atom. The first kappa shape index (κ1) is 9.43. The lowest BCUT2D eigenvalue weighted by Gasteiger charge is -2.23. The van der Waals surface area contributed by atoms with Gasteiger partial charge in [-0.3, -0.25) is 4.79 Å². The third kappa shape index (κ3) is 2.35. The van der Waals surface area contributed by atoms with E-state index in [-0.39, 0.29) is 0 Å². The van der Waals surface area contributed by atoms with Crippen molar-refractivity contribution in [2.45, 2.75) is 32.8 Å². The SMILES string of the molecule is CC[C@H](C(=O)O)C(C)(C)O. The zero-order chi connectivity index (χ0) is 8.36. The number of aliphatic hydroxyl groups is 1. The van der Waals surface area contributed by atoms with Gasteiger partial charge in [0.25, 0.3) is 0 Å². The molecule has 0 aliphatic rings. The average molecular weight is 146 g/mol. The highest BCUT2D eigenvalue weighted by molar-refractivity contribution is 5.71. The summed E-state index contributed by atoms with van der Waals surface area (Å²) in [5, 5.41) is 17.8. The maximum absolute atomic E-state index is 10.4. The van der Waals surface area contributed by atoms with E-state index >= 15 is 0 Å². The third-order valence-corrected chi connectivity index (χ3v) is 1.56. The van der Waals surface area contributed by atoms with E-state index in [9.17, 15) is 9.90 Å². The lowest BCUT2D eigenvalue weighted by Crippen LogP contribution is -2.36. The Morgan fingerprint density at radius 3 is 2.00 bits per heavy atom. The second kappa shape index (κ2) is 3.01. The van der Waals surface area contributed by atoms with Crippen LogP contribution in [-0.2, 0) is 4.79 Å². The predicted octanol–water partition coefficient (Wildman–Crippen LogP) is 0.868. The first-order valence-corrected chi connectivity index (χ1v) is 3.34. The van der Waals surface area contributed by atoms with Gasteiger partial charge in [-0.05, 0) is 20.3 Å². The summed E-state index contributed by atoms with van der Waals surface area (Å²) < 4.78 is 0. The summed E-state index contributed by atoms with van der Waals surface area (Å²) >= 11 is 0. The van der Waals surface area contributed by atoms with Gasteiger partial charge in [-0.2, -0.15) is 0 Å². The van der Waals surface area contributed by atoms with Gasteiger partial charge in [-0.1, -0.05) is 6.92 Å². The Bertz CT molecular complexity index is 123. The summed E-state index contributed by atoms with van der Waals surface area (Å²) in [5.74, 6) is -1.59. The fourth-order valence-electron chi connectivity index (χ4n) is 0.976. The van der Waals surface area contributed by atoms with Gasteiger partial charge in [0.15, 0.2) is 0 Å². The average Bonchev–Trinajstić information content (AvgIpc) is 1.60. The number of carbonyl (C=O) groups is 1. The molecule has 0 aliphatic carbocycles. The molecular formula is C7H14O3. The monoisotopic (exact) mass is 146 g/mol. The Hall–Kier alpha value is -0.570. The van der Waals surface area contributed by atoms with Gasteiger partial charge in [0, 0.05) is 0 Å². The minimum Gasteiger partial charge on any atom is -0.481 e. The molecule has 0 bridgehead atoms. The van der Waals surface area contributed by atoms with Gasteiger partial charge < -0.3 is 10.2 Å². The van der Waals surface area contributed by atoms with Crippen molar-refractivity contribution >= 4 is 5.97 Å². The van der Waals surface area contributed by atoms with Gasteiger partial charge in [0.2, 0.25) is 0 Å². The molecule has 0 saturated carbocycles. The summed E-state index contributed by atoms with van der Waals surface area (Å²) in [6, 6.07) is 0. The second-order valence-corrected chi connectivity index (χ2v) is 2.95. The van der Waals surface area contributed by atoms with Crippen LogP contribution >= 0.6 is 0 Å². The van der Waals surface area contributed by atoms with Gasteiger partial charge >= 0.3 is 5.97 Å². The lowest BCUT2D eigenvalue weighted by molar-refractivity contribution is -0.150. The molecule has 10 heavy (non-hydrogen) atoms. The molecule has 0 fully saturated rings. The van der Waals surface area contributed by atoms with E-state index in [1.807, 2.05) is 0 Å². The highest BCUT2D eigenvalue weighted by Crippen LogP contribution is 2.19. The molecule has 0 heterocycles. The van der Waals surface area contributed by atoms with Gasteiger partial charge in [-0.25, -0.2) is 0 Å². The Kier molecular flexibility index (Phi) is 2.84. The van der Waals surface area contributed by atoms with Gasteiger partial charge in [0.1, 0.15) is 0 Å². The van der Waals surface area contributed by atoms with Crippen molar-refractivity contribution in [2.75, 3.05) is 0 Å². The van der Waals surface area contributed by atoms with E-state index in [0.717, 1.165) is 0 Å². The molecule has 0 aliphatic heterocycles. The minimum atomic E-state index is -1.11. The van der Waals surface area contributed by atoms with Crippen LogP contribution in [0.2, 0.25) is 0 Å².